The maximum absolute atomic E-state index is 9.32. The number of hydrogen-bond acceptors (Lipinski definition) is 3. The molecule has 0 aromatic heterocycles. The summed E-state index contributed by atoms with van der Waals surface area (Å²) in [6.07, 6.45) is 4.47. The Morgan fingerprint density at radius 1 is 1.58 bits per heavy atom. The predicted octanol–water partition coefficient (Wildman–Crippen LogP) is -0.01000. The molecule has 0 saturated carbocycles. The van der Waals surface area contributed by atoms with Gasteiger partial charge in [-0.1, -0.05) is 12.2 Å². The number of hydrogen-bond donors (Lipinski definition) is 2. The first-order valence-electron chi connectivity index (χ1n) is 4.42. The summed E-state index contributed by atoms with van der Waals surface area (Å²) in [5.74, 6) is 0. The smallest absolute Gasteiger partial charge is 0.0683 e. The molecule has 0 aromatic carbocycles. The molecule has 0 spiro atoms. The van der Waals surface area contributed by atoms with Gasteiger partial charge in [0.05, 0.1) is 12.7 Å². The zero-order valence-corrected chi connectivity index (χ0v) is 7.48. The van der Waals surface area contributed by atoms with Crippen LogP contribution < -0.4 is 0 Å². The number of nitrogens with zero attached hydrogens (tertiary/aromatic N) is 1. The van der Waals surface area contributed by atoms with Gasteiger partial charge >= 0.3 is 0 Å². The van der Waals surface area contributed by atoms with Crippen molar-refractivity contribution < 1.29 is 10.2 Å². The van der Waals surface area contributed by atoms with E-state index in [9.17, 15) is 5.11 Å². The van der Waals surface area contributed by atoms with Crippen LogP contribution in [0.25, 0.3) is 0 Å². The monoisotopic (exact) mass is 171 g/mol. The van der Waals surface area contributed by atoms with Crippen molar-refractivity contribution >= 4 is 0 Å². The SMILES string of the molecule is C/C=C/CN1CC(O)CC1CO. The first-order chi connectivity index (χ1) is 5.77. The fourth-order valence-electron chi connectivity index (χ4n) is 1.61. The number of likely N-dealkylation sites (tertiary alicyclic amines) is 1. The molecule has 1 rings (SSSR count). The predicted molar refractivity (Wildman–Crippen MR) is 47.9 cm³/mol. The molecule has 2 N–H and O–H groups in total. The van der Waals surface area contributed by atoms with Crippen molar-refractivity contribution in [3.05, 3.63) is 12.2 Å². The number of allylic oxidation sites excluding steroid dienone is 1. The number of rotatable bonds is 3. The summed E-state index contributed by atoms with van der Waals surface area (Å²) in [6.45, 7) is 3.64. The Bertz CT molecular complexity index is 159. The molecule has 0 radical (unpaired) electrons. The van der Waals surface area contributed by atoms with E-state index >= 15 is 0 Å². The number of aliphatic hydroxyl groups is 2. The highest BCUT2D eigenvalue weighted by Crippen LogP contribution is 2.16. The lowest BCUT2D eigenvalue weighted by Gasteiger charge is -2.19. The van der Waals surface area contributed by atoms with Crippen LogP contribution >= 0.6 is 0 Å². The third-order valence-electron chi connectivity index (χ3n) is 2.29. The molecule has 70 valence electrons. The second-order valence-electron chi connectivity index (χ2n) is 3.25. The van der Waals surface area contributed by atoms with Gasteiger partial charge in [-0.3, -0.25) is 4.90 Å². The Balaban J connectivity index is 2.40. The third-order valence-corrected chi connectivity index (χ3v) is 2.29. The minimum Gasteiger partial charge on any atom is -0.395 e. The average molecular weight is 171 g/mol. The fourth-order valence-corrected chi connectivity index (χ4v) is 1.61. The highest BCUT2D eigenvalue weighted by atomic mass is 16.3. The van der Waals surface area contributed by atoms with Gasteiger partial charge in [0.25, 0.3) is 0 Å². The molecule has 0 aliphatic carbocycles. The van der Waals surface area contributed by atoms with Crippen molar-refractivity contribution in [2.24, 2.45) is 0 Å². The van der Waals surface area contributed by atoms with Gasteiger partial charge in [0, 0.05) is 19.1 Å². The van der Waals surface area contributed by atoms with Gasteiger partial charge in [-0.25, -0.2) is 0 Å². The van der Waals surface area contributed by atoms with Crippen LogP contribution in [0.4, 0.5) is 0 Å². The molecule has 1 heterocycles. The van der Waals surface area contributed by atoms with Gasteiger partial charge in [0.15, 0.2) is 0 Å². The summed E-state index contributed by atoms with van der Waals surface area (Å²) in [5, 5.41) is 18.3. The van der Waals surface area contributed by atoms with Crippen LogP contribution in [0.5, 0.6) is 0 Å². The average Bonchev–Trinajstić information content (AvgIpc) is 2.42. The summed E-state index contributed by atoms with van der Waals surface area (Å²) in [7, 11) is 0. The van der Waals surface area contributed by atoms with Crippen molar-refractivity contribution in [2.75, 3.05) is 19.7 Å². The molecule has 0 aromatic rings. The van der Waals surface area contributed by atoms with Crippen LogP contribution in [0.1, 0.15) is 13.3 Å². The Hall–Kier alpha value is -0.380. The van der Waals surface area contributed by atoms with Gasteiger partial charge in [0.1, 0.15) is 0 Å². The number of β-amino-alcohol motifs (C(OH)–C–C–N with tert-alkyl or cyclic N) is 1. The standard InChI is InChI=1S/C9H17NO2/c1-2-3-4-10-6-9(12)5-8(10)7-11/h2-3,8-9,11-12H,4-7H2,1H3/b3-2+. The van der Waals surface area contributed by atoms with Gasteiger partial charge in [-0.2, -0.15) is 0 Å². The highest BCUT2D eigenvalue weighted by molar-refractivity contribution is 4.90. The van der Waals surface area contributed by atoms with E-state index in [0.29, 0.717) is 13.0 Å². The molecule has 2 unspecified atom stereocenters. The molecule has 2 atom stereocenters. The van der Waals surface area contributed by atoms with E-state index in [2.05, 4.69) is 4.90 Å². The minimum absolute atomic E-state index is 0.147. The van der Waals surface area contributed by atoms with Crippen LogP contribution in [0.2, 0.25) is 0 Å². The van der Waals surface area contributed by atoms with E-state index in [1.807, 2.05) is 19.1 Å². The van der Waals surface area contributed by atoms with Gasteiger partial charge in [-0.15, -0.1) is 0 Å². The first kappa shape index (κ1) is 9.71. The molecule has 12 heavy (non-hydrogen) atoms. The second kappa shape index (κ2) is 4.60. The lowest BCUT2D eigenvalue weighted by Crippen LogP contribution is -2.32. The van der Waals surface area contributed by atoms with E-state index in [4.69, 9.17) is 5.11 Å². The molecule has 0 bridgehead atoms. The maximum Gasteiger partial charge on any atom is 0.0683 e. The van der Waals surface area contributed by atoms with E-state index in [1.54, 1.807) is 0 Å². The molecule has 1 aliphatic rings. The molecule has 0 amide bonds. The molecular formula is C9H17NO2. The van der Waals surface area contributed by atoms with E-state index in [0.717, 1.165) is 6.54 Å². The normalized spacial score (nSPS) is 31.9. The van der Waals surface area contributed by atoms with Gasteiger partial charge in [-0.05, 0) is 13.3 Å². The Labute approximate surface area is 73.3 Å². The topological polar surface area (TPSA) is 43.7 Å². The zero-order valence-electron chi connectivity index (χ0n) is 7.48. The van der Waals surface area contributed by atoms with Gasteiger partial charge in [0.2, 0.25) is 0 Å². The van der Waals surface area contributed by atoms with Crippen molar-refractivity contribution in [1.82, 2.24) is 4.90 Å². The lowest BCUT2D eigenvalue weighted by atomic mass is 10.2. The van der Waals surface area contributed by atoms with Crippen molar-refractivity contribution in [3.63, 3.8) is 0 Å². The second-order valence-corrected chi connectivity index (χ2v) is 3.25. The highest BCUT2D eigenvalue weighted by Gasteiger charge is 2.28. The minimum atomic E-state index is -0.257. The first-order valence-corrected chi connectivity index (χ1v) is 4.42. The Morgan fingerprint density at radius 3 is 2.92 bits per heavy atom. The van der Waals surface area contributed by atoms with E-state index in [-0.39, 0.29) is 18.8 Å². The third kappa shape index (κ3) is 2.30. The quantitative estimate of drug-likeness (QED) is 0.587. The number of aliphatic hydroxyl groups excluding tert-OH is 2. The van der Waals surface area contributed by atoms with Crippen molar-refractivity contribution in [1.29, 1.82) is 0 Å². The van der Waals surface area contributed by atoms with Crippen molar-refractivity contribution in [2.45, 2.75) is 25.5 Å². The van der Waals surface area contributed by atoms with E-state index < -0.39 is 0 Å². The molecular weight excluding hydrogens is 154 g/mol. The molecule has 3 heteroatoms. The summed E-state index contributed by atoms with van der Waals surface area (Å²) >= 11 is 0. The summed E-state index contributed by atoms with van der Waals surface area (Å²) < 4.78 is 0. The van der Waals surface area contributed by atoms with Gasteiger partial charge < -0.3 is 10.2 Å². The van der Waals surface area contributed by atoms with E-state index in [1.165, 1.54) is 0 Å². The largest absolute Gasteiger partial charge is 0.395 e. The van der Waals surface area contributed by atoms with Crippen LogP contribution in [-0.2, 0) is 0 Å². The van der Waals surface area contributed by atoms with Crippen LogP contribution in [0.15, 0.2) is 12.2 Å². The van der Waals surface area contributed by atoms with Crippen LogP contribution in [-0.4, -0.2) is 47.0 Å². The maximum atomic E-state index is 9.32. The molecule has 1 saturated heterocycles. The lowest BCUT2D eigenvalue weighted by molar-refractivity contribution is 0.167. The molecule has 1 aliphatic heterocycles. The fraction of sp³-hybridized carbons (Fsp3) is 0.778. The summed E-state index contributed by atoms with van der Waals surface area (Å²) in [6, 6.07) is 0.149. The van der Waals surface area contributed by atoms with Crippen LogP contribution in [0, 0.1) is 0 Å². The summed E-state index contributed by atoms with van der Waals surface area (Å²) in [5.41, 5.74) is 0. The molecule has 3 nitrogen and oxygen atoms in total. The van der Waals surface area contributed by atoms with Crippen molar-refractivity contribution in [3.8, 4) is 0 Å². The Kier molecular flexibility index (Phi) is 3.72. The summed E-state index contributed by atoms with van der Waals surface area (Å²) in [4.78, 5) is 2.10. The zero-order chi connectivity index (χ0) is 8.97. The molecule has 1 fully saturated rings. The van der Waals surface area contributed by atoms with Crippen LogP contribution in [0.3, 0.4) is 0 Å². The Morgan fingerprint density at radius 2 is 2.33 bits per heavy atom.